The molecule has 0 saturated heterocycles. The number of hydrogen-bond acceptors (Lipinski definition) is 4. The number of nitrogens with one attached hydrogen (secondary N) is 1. The molecule has 76 valence electrons. The topological polar surface area (TPSA) is 102 Å². The van der Waals surface area contributed by atoms with Crippen LogP contribution in [0.1, 0.15) is 10.4 Å². The number of carbonyl (C=O) groups is 1. The Morgan fingerprint density at radius 3 is 2.71 bits per heavy atom. The Morgan fingerprint density at radius 2 is 2.21 bits per heavy atom. The van der Waals surface area contributed by atoms with Gasteiger partial charge < -0.3 is 5.32 Å². The number of rotatable bonds is 2. The molecular weight excluding hydrogens is 206 g/mol. The minimum atomic E-state index is -3.91. The lowest BCUT2D eigenvalue weighted by Crippen LogP contribution is -2.23. The molecule has 7 heteroatoms. The molecule has 0 aliphatic carbocycles. The summed E-state index contributed by atoms with van der Waals surface area (Å²) in [5.74, 6) is -0.517. The van der Waals surface area contributed by atoms with Crippen molar-refractivity contribution < 1.29 is 13.2 Å². The molecule has 1 aromatic rings. The third-order valence-electron chi connectivity index (χ3n) is 1.56. The summed E-state index contributed by atoms with van der Waals surface area (Å²) < 4.78 is 22.1. The molecular formula is C7H9N3O3S. The summed E-state index contributed by atoms with van der Waals surface area (Å²) in [6.07, 6.45) is 2.36. The molecule has 0 spiro atoms. The van der Waals surface area contributed by atoms with Gasteiger partial charge in [-0.25, -0.2) is 13.6 Å². The molecule has 1 amide bonds. The Bertz CT molecular complexity index is 455. The molecule has 0 aromatic carbocycles. The highest BCUT2D eigenvalue weighted by Gasteiger charge is 2.17. The number of primary sulfonamides is 1. The lowest BCUT2D eigenvalue weighted by molar-refractivity contribution is 0.0959. The van der Waals surface area contributed by atoms with Crippen LogP contribution in [-0.4, -0.2) is 26.4 Å². The zero-order valence-electron chi connectivity index (χ0n) is 7.39. The number of amides is 1. The molecule has 14 heavy (non-hydrogen) atoms. The zero-order valence-corrected chi connectivity index (χ0v) is 8.21. The SMILES string of the molecule is CNC(=O)c1ccncc1S(N)(=O)=O. The molecule has 0 saturated carbocycles. The molecule has 6 nitrogen and oxygen atoms in total. The highest BCUT2D eigenvalue weighted by molar-refractivity contribution is 7.89. The van der Waals surface area contributed by atoms with E-state index >= 15 is 0 Å². The van der Waals surface area contributed by atoms with Gasteiger partial charge in [-0.15, -0.1) is 0 Å². The average molecular weight is 215 g/mol. The number of sulfonamides is 1. The van der Waals surface area contributed by atoms with Crippen molar-refractivity contribution in [3.05, 3.63) is 24.0 Å². The van der Waals surface area contributed by atoms with Crippen LogP contribution in [0.3, 0.4) is 0 Å². The summed E-state index contributed by atoms with van der Waals surface area (Å²) in [7, 11) is -2.51. The summed E-state index contributed by atoms with van der Waals surface area (Å²) in [4.78, 5) is 14.5. The lowest BCUT2D eigenvalue weighted by Gasteiger charge is -2.04. The molecule has 0 atom stereocenters. The Hall–Kier alpha value is -1.47. The van der Waals surface area contributed by atoms with Crippen molar-refractivity contribution in [1.29, 1.82) is 0 Å². The van der Waals surface area contributed by atoms with E-state index in [9.17, 15) is 13.2 Å². The fraction of sp³-hybridized carbons (Fsp3) is 0.143. The van der Waals surface area contributed by atoms with E-state index in [-0.39, 0.29) is 10.5 Å². The summed E-state index contributed by atoms with van der Waals surface area (Å²) in [6.45, 7) is 0. The Morgan fingerprint density at radius 1 is 1.57 bits per heavy atom. The molecule has 1 aromatic heterocycles. The van der Waals surface area contributed by atoms with Crippen molar-refractivity contribution in [1.82, 2.24) is 10.3 Å². The van der Waals surface area contributed by atoms with Gasteiger partial charge in [0.05, 0.1) is 5.56 Å². The van der Waals surface area contributed by atoms with Crippen molar-refractivity contribution in [2.45, 2.75) is 4.90 Å². The van der Waals surface area contributed by atoms with E-state index < -0.39 is 15.9 Å². The normalized spacial score (nSPS) is 11.0. The molecule has 3 N–H and O–H groups in total. The van der Waals surface area contributed by atoms with Gasteiger partial charge in [0.15, 0.2) is 0 Å². The van der Waals surface area contributed by atoms with E-state index in [2.05, 4.69) is 10.3 Å². The number of hydrogen-bond donors (Lipinski definition) is 2. The summed E-state index contributed by atoms with van der Waals surface area (Å²) in [5, 5.41) is 7.21. The third-order valence-corrected chi connectivity index (χ3v) is 2.50. The van der Waals surface area contributed by atoms with Crippen LogP contribution in [0, 0.1) is 0 Å². The van der Waals surface area contributed by atoms with Crippen LogP contribution in [0.25, 0.3) is 0 Å². The minimum absolute atomic E-state index is 0.00926. The smallest absolute Gasteiger partial charge is 0.252 e. The molecule has 0 aliphatic rings. The summed E-state index contributed by atoms with van der Waals surface area (Å²) in [6, 6.07) is 1.29. The van der Waals surface area contributed by atoms with E-state index in [4.69, 9.17) is 5.14 Å². The van der Waals surface area contributed by atoms with E-state index in [1.54, 1.807) is 0 Å². The van der Waals surface area contributed by atoms with Crippen LogP contribution in [-0.2, 0) is 10.0 Å². The molecule has 0 unspecified atom stereocenters. The van der Waals surface area contributed by atoms with Gasteiger partial charge in [-0.2, -0.15) is 0 Å². The van der Waals surface area contributed by atoms with Crippen molar-refractivity contribution in [3.63, 3.8) is 0 Å². The first kappa shape index (κ1) is 10.6. The van der Waals surface area contributed by atoms with Gasteiger partial charge in [0, 0.05) is 19.4 Å². The predicted octanol–water partition coefficient (Wildman–Crippen LogP) is -0.911. The summed E-state index contributed by atoms with van der Waals surface area (Å²) in [5.41, 5.74) is -0.00926. The van der Waals surface area contributed by atoms with Crippen molar-refractivity contribution >= 4 is 15.9 Å². The van der Waals surface area contributed by atoms with Crippen molar-refractivity contribution in [2.24, 2.45) is 5.14 Å². The first-order valence-electron chi connectivity index (χ1n) is 3.65. The van der Waals surface area contributed by atoms with Crippen LogP contribution in [0.4, 0.5) is 0 Å². The molecule has 0 bridgehead atoms. The largest absolute Gasteiger partial charge is 0.355 e. The quantitative estimate of drug-likeness (QED) is 0.666. The van der Waals surface area contributed by atoms with Gasteiger partial charge >= 0.3 is 0 Å². The number of nitrogens with two attached hydrogens (primary N) is 1. The third kappa shape index (κ3) is 2.06. The van der Waals surface area contributed by atoms with Gasteiger partial charge in [-0.3, -0.25) is 9.78 Å². The number of pyridine rings is 1. The maximum Gasteiger partial charge on any atom is 0.252 e. The zero-order chi connectivity index (χ0) is 10.8. The van der Waals surface area contributed by atoms with Gasteiger partial charge in [-0.1, -0.05) is 0 Å². The van der Waals surface area contributed by atoms with Gasteiger partial charge in [0.25, 0.3) is 5.91 Å². The number of carbonyl (C=O) groups excluding carboxylic acids is 1. The fourth-order valence-electron chi connectivity index (χ4n) is 0.929. The second kappa shape index (κ2) is 3.72. The molecule has 0 aliphatic heterocycles. The maximum absolute atomic E-state index is 11.2. The summed E-state index contributed by atoms with van der Waals surface area (Å²) >= 11 is 0. The van der Waals surface area contributed by atoms with E-state index in [0.29, 0.717) is 0 Å². The lowest BCUT2D eigenvalue weighted by atomic mass is 10.2. The molecule has 0 radical (unpaired) electrons. The number of aromatic nitrogens is 1. The highest BCUT2D eigenvalue weighted by atomic mass is 32.2. The van der Waals surface area contributed by atoms with E-state index in [1.165, 1.54) is 19.3 Å². The first-order valence-corrected chi connectivity index (χ1v) is 5.20. The molecule has 0 fully saturated rings. The van der Waals surface area contributed by atoms with Crippen molar-refractivity contribution in [2.75, 3.05) is 7.05 Å². The maximum atomic E-state index is 11.2. The minimum Gasteiger partial charge on any atom is -0.355 e. The van der Waals surface area contributed by atoms with E-state index in [0.717, 1.165) is 6.20 Å². The van der Waals surface area contributed by atoms with Gasteiger partial charge in [-0.05, 0) is 6.07 Å². The average Bonchev–Trinajstić information content (AvgIpc) is 2.15. The Balaban J connectivity index is 3.38. The molecule has 1 rings (SSSR count). The van der Waals surface area contributed by atoms with Crippen LogP contribution in [0.15, 0.2) is 23.4 Å². The second-order valence-corrected chi connectivity index (χ2v) is 4.03. The highest BCUT2D eigenvalue weighted by Crippen LogP contribution is 2.11. The van der Waals surface area contributed by atoms with Gasteiger partial charge in [0.2, 0.25) is 10.0 Å². The van der Waals surface area contributed by atoms with Crippen LogP contribution in [0.2, 0.25) is 0 Å². The monoisotopic (exact) mass is 215 g/mol. The van der Waals surface area contributed by atoms with Crippen LogP contribution in [0.5, 0.6) is 0 Å². The van der Waals surface area contributed by atoms with E-state index in [1.807, 2.05) is 0 Å². The Kier molecular flexibility index (Phi) is 2.82. The fourth-order valence-corrected chi connectivity index (χ4v) is 1.60. The molecule has 1 heterocycles. The standard InChI is InChI=1S/C7H9N3O3S/c1-9-7(11)5-2-3-10-4-6(5)14(8,12)13/h2-4H,1H3,(H,9,11)(H2,8,12,13). The van der Waals surface area contributed by atoms with Crippen molar-refractivity contribution in [3.8, 4) is 0 Å². The predicted molar refractivity (Wildman–Crippen MR) is 49.0 cm³/mol. The Labute approximate surface area is 81.2 Å². The van der Waals surface area contributed by atoms with Gasteiger partial charge in [0.1, 0.15) is 4.90 Å². The second-order valence-electron chi connectivity index (χ2n) is 2.50. The van der Waals surface area contributed by atoms with Crippen LogP contribution >= 0.6 is 0 Å². The van der Waals surface area contributed by atoms with Crippen LogP contribution < -0.4 is 10.5 Å². The first-order chi connectivity index (χ1) is 6.46. The number of nitrogens with zero attached hydrogens (tertiary/aromatic N) is 1.